The highest BCUT2D eigenvalue weighted by Crippen LogP contribution is 2.43. The van der Waals surface area contributed by atoms with Gasteiger partial charge in [-0.1, -0.05) is 41.5 Å². The Kier molecular flexibility index (Phi) is 7.04. The van der Waals surface area contributed by atoms with Crippen molar-refractivity contribution in [3.8, 4) is 0 Å². The monoisotopic (exact) mass is 432 g/mol. The van der Waals surface area contributed by atoms with Crippen LogP contribution in [0.5, 0.6) is 0 Å². The average molecular weight is 433 g/mol. The van der Waals surface area contributed by atoms with E-state index in [4.69, 9.17) is 13.9 Å². The summed E-state index contributed by atoms with van der Waals surface area (Å²) >= 11 is 0. The molecule has 3 heterocycles. The van der Waals surface area contributed by atoms with Gasteiger partial charge in [0.05, 0.1) is 12.1 Å². The van der Waals surface area contributed by atoms with Gasteiger partial charge in [0.2, 0.25) is 0 Å². The predicted octanol–water partition coefficient (Wildman–Crippen LogP) is 5.45. The highest BCUT2D eigenvalue weighted by Gasteiger charge is 2.47. The van der Waals surface area contributed by atoms with Gasteiger partial charge in [-0.25, -0.2) is 0 Å². The van der Waals surface area contributed by atoms with E-state index in [9.17, 15) is 4.79 Å². The fourth-order valence-corrected chi connectivity index (χ4v) is 10.8. The Bertz CT molecular complexity index is 842. The second-order valence-electron chi connectivity index (χ2n) is 9.30. The lowest BCUT2D eigenvalue weighted by Crippen LogP contribution is -2.50. The molecule has 0 spiro atoms. The van der Waals surface area contributed by atoms with Crippen LogP contribution in [0, 0.1) is 0 Å². The molecular weight excluding hydrogens is 396 g/mol. The van der Waals surface area contributed by atoms with Gasteiger partial charge in [0.15, 0.2) is 8.32 Å². The Morgan fingerprint density at radius 1 is 1.20 bits per heavy atom. The first-order chi connectivity index (χ1) is 14.2. The van der Waals surface area contributed by atoms with Crippen LogP contribution in [0.4, 0.5) is 0 Å². The highest BCUT2D eigenvalue weighted by molar-refractivity contribution is 6.77. The van der Waals surface area contributed by atoms with E-state index in [0.29, 0.717) is 29.7 Å². The first kappa shape index (κ1) is 23.0. The molecule has 0 amide bonds. The van der Waals surface area contributed by atoms with Gasteiger partial charge >= 0.3 is 5.97 Å². The second kappa shape index (κ2) is 9.20. The number of carbonyl (C=O) groups excluding carboxylic acids is 1. The Labute approximate surface area is 181 Å². The maximum Gasteiger partial charge on any atom is 0.302 e. The maximum absolute atomic E-state index is 11.8. The summed E-state index contributed by atoms with van der Waals surface area (Å²) in [6.07, 6.45) is 5.46. The number of esters is 1. The predicted molar refractivity (Wildman–Crippen MR) is 121 cm³/mol. The average Bonchev–Trinajstić information content (AvgIpc) is 3.25. The van der Waals surface area contributed by atoms with Gasteiger partial charge in [-0.2, -0.15) is 0 Å². The highest BCUT2D eigenvalue weighted by atomic mass is 28.4. The Morgan fingerprint density at radius 3 is 2.47 bits per heavy atom. The van der Waals surface area contributed by atoms with Crippen LogP contribution in [-0.2, 0) is 18.7 Å². The molecule has 0 aromatic carbocycles. The minimum atomic E-state index is -2.03. The lowest BCUT2D eigenvalue weighted by Gasteiger charge is -2.42. The molecule has 3 atom stereocenters. The lowest BCUT2D eigenvalue weighted by molar-refractivity contribution is -0.150. The van der Waals surface area contributed by atoms with Crippen molar-refractivity contribution in [1.29, 1.82) is 0 Å². The molecule has 0 unspecified atom stereocenters. The third kappa shape index (κ3) is 4.34. The van der Waals surface area contributed by atoms with Crippen molar-refractivity contribution in [3.05, 3.63) is 30.7 Å². The minimum Gasteiger partial charge on any atom is -0.460 e. The zero-order valence-corrected chi connectivity index (χ0v) is 20.3. The van der Waals surface area contributed by atoms with E-state index in [0.717, 1.165) is 10.9 Å². The first-order valence-corrected chi connectivity index (χ1v) is 13.2. The molecule has 30 heavy (non-hydrogen) atoms. The molecule has 0 radical (unpaired) electrons. The van der Waals surface area contributed by atoms with Gasteiger partial charge in [-0.3, -0.25) is 9.78 Å². The SMILES string of the molecule is CC(=O)O[C@H]1C[C@H](n2ccc3cnccc32)O[C@@H]1CO[Si](C(C)C)(C(C)C)C(C)C. The molecule has 1 aliphatic heterocycles. The van der Waals surface area contributed by atoms with E-state index in [1.165, 1.54) is 6.92 Å². The third-order valence-electron chi connectivity index (χ3n) is 6.53. The van der Waals surface area contributed by atoms with Crippen LogP contribution in [-0.4, -0.2) is 42.7 Å². The number of rotatable bonds is 8. The van der Waals surface area contributed by atoms with Crippen molar-refractivity contribution in [1.82, 2.24) is 9.55 Å². The molecule has 0 bridgehead atoms. The molecule has 1 fully saturated rings. The van der Waals surface area contributed by atoms with Crippen molar-refractivity contribution in [2.45, 2.75) is 89.9 Å². The summed E-state index contributed by atoms with van der Waals surface area (Å²) in [5.41, 5.74) is 2.53. The molecule has 2 aromatic rings. The zero-order valence-electron chi connectivity index (χ0n) is 19.3. The molecule has 2 aromatic heterocycles. The molecule has 1 aliphatic rings. The molecule has 166 valence electrons. The first-order valence-electron chi connectivity index (χ1n) is 11.0. The number of fused-ring (bicyclic) bond motifs is 1. The summed E-state index contributed by atoms with van der Waals surface area (Å²) in [5, 5.41) is 1.07. The topological polar surface area (TPSA) is 62.6 Å². The van der Waals surface area contributed by atoms with Crippen LogP contribution in [0.25, 0.3) is 10.9 Å². The fourth-order valence-electron chi connectivity index (χ4n) is 5.34. The molecule has 0 N–H and O–H groups in total. The quantitative estimate of drug-likeness (QED) is 0.410. The zero-order chi connectivity index (χ0) is 22.1. The van der Waals surface area contributed by atoms with Gasteiger partial charge in [-0.15, -0.1) is 0 Å². The van der Waals surface area contributed by atoms with Gasteiger partial charge in [-0.05, 0) is 28.8 Å². The Morgan fingerprint density at radius 2 is 1.87 bits per heavy atom. The van der Waals surface area contributed by atoms with Crippen LogP contribution in [0.2, 0.25) is 16.6 Å². The van der Waals surface area contributed by atoms with Crippen LogP contribution in [0.15, 0.2) is 30.7 Å². The number of hydrogen-bond acceptors (Lipinski definition) is 5. The minimum absolute atomic E-state index is 0.198. The van der Waals surface area contributed by atoms with Gasteiger partial charge in [0, 0.05) is 37.3 Å². The van der Waals surface area contributed by atoms with E-state index < -0.39 is 8.32 Å². The van der Waals surface area contributed by atoms with Crippen molar-refractivity contribution >= 4 is 25.2 Å². The summed E-state index contributed by atoms with van der Waals surface area (Å²) in [5.74, 6) is -0.282. The summed E-state index contributed by atoms with van der Waals surface area (Å²) < 4.78 is 21.0. The van der Waals surface area contributed by atoms with E-state index in [2.05, 4.69) is 51.1 Å². The Hall–Kier alpha value is -1.70. The summed E-state index contributed by atoms with van der Waals surface area (Å²) in [6, 6.07) is 4.02. The van der Waals surface area contributed by atoms with Crippen molar-refractivity contribution < 1.29 is 18.7 Å². The van der Waals surface area contributed by atoms with Gasteiger partial charge < -0.3 is 18.5 Å². The molecule has 1 saturated heterocycles. The van der Waals surface area contributed by atoms with Crippen molar-refractivity contribution in [2.24, 2.45) is 0 Å². The molecule has 7 heteroatoms. The largest absolute Gasteiger partial charge is 0.460 e. The molecule has 0 saturated carbocycles. The van der Waals surface area contributed by atoms with Crippen molar-refractivity contribution in [2.75, 3.05) is 6.61 Å². The van der Waals surface area contributed by atoms with Gasteiger partial charge in [0.1, 0.15) is 18.4 Å². The molecule has 6 nitrogen and oxygen atoms in total. The normalized spacial score (nSPS) is 22.5. The number of ether oxygens (including phenoxy) is 2. The number of aromatic nitrogens is 2. The number of carbonyl (C=O) groups is 1. The molecule has 0 aliphatic carbocycles. The summed E-state index contributed by atoms with van der Waals surface area (Å²) in [7, 11) is -2.03. The fraction of sp³-hybridized carbons (Fsp3) is 0.652. The second-order valence-corrected chi connectivity index (χ2v) is 14.8. The number of pyridine rings is 1. The maximum atomic E-state index is 11.8. The smallest absolute Gasteiger partial charge is 0.302 e. The third-order valence-corrected chi connectivity index (χ3v) is 12.6. The van der Waals surface area contributed by atoms with E-state index in [-0.39, 0.29) is 24.4 Å². The number of nitrogens with zero attached hydrogens (tertiary/aromatic N) is 2. The lowest BCUT2D eigenvalue weighted by atomic mass is 10.2. The standard InChI is InChI=1S/C23H36N2O4Si/c1-15(2)30(16(3)4,17(5)6)27-14-22-21(28-18(7)26)12-23(29-22)25-11-9-19-13-24-10-8-20(19)25/h8-11,13,15-17,21-23H,12,14H2,1-7H3/t21-,22+,23+/m0/s1. The Balaban J connectivity index is 1.82. The van der Waals surface area contributed by atoms with E-state index in [1.807, 2.05) is 24.5 Å². The van der Waals surface area contributed by atoms with Crippen LogP contribution < -0.4 is 0 Å². The van der Waals surface area contributed by atoms with E-state index >= 15 is 0 Å². The summed E-state index contributed by atoms with van der Waals surface area (Å²) in [4.78, 5) is 15.9. The van der Waals surface area contributed by atoms with Crippen molar-refractivity contribution in [3.63, 3.8) is 0 Å². The van der Waals surface area contributed by atoms with Crippen LogP contribution in [0.3, 0.4) is 0 Å². The van der Waals surface area contributed by atoms with Gasteiger partial charge in [0.25, 0.3) is 0 Å². The van der Waals surface area contributed by atoms with Crippen LogP contribution in [0.1, 0.15) is 61.1 Å². The van der Waals surface area contributed by atoms with E-state index in [1.54, 1.807) is 6.20 Å². The van der Waals surface area contributed by atoms with Crippen LogP contribution >= 0.6 is 0 Å². The number of hydrogen-bond donors (Lipinski definition) is 0. The summed E-state index contributed by atoms with van der Waals surface area (Å²) in [6.45, 7) is 15.5. The molecular formula is C23H36N2O4Si. The molecule has 3 rings (SSSR count).